The molecular weight excluding hydrogens is 279 g/mol. The summed E-state index contributed by atoms with van der Waals surface area (Å²) in [5, 5.41) is 3.58. The summed E-state index contributed by atoms with van der Waals surface area (Å²) in [6.07, 6.45) is 11.3. The number of hydrogen-bond donors (Lipinski definition) is 1. The van der Waals surface area contributed by atoms with E-state index in [0.29, 0.717) is 11.8 Å². The Bertz CT molecular complexity index is 658. The van der Waals surface area contributed by atoms with Crippen molar-refractivity contribution in [2.24, 2.45) is 5.92 Å². The molecule has 0 fully saturated rings. The van der Waals surface area contributed by atoms with E-state index < -0.39 is 0 Å². The van der Waals surface area contributed by atoms with E-state index in [4.69, 9.17) is 7.85 Å². The highest BCUT2D eigenvalue weighted by molar-refractivity contribution is 6.33. The predicted octanol–water partition coefficient (Wildman–Crippen LogP) is 3.96. The predicted molar refractivity (Wildman–Crippen MR) is 102 cm³/mol. The van der Waals surface area contributed by atoms with Crippen LogP contribution in [0, 0.1) is 12.8 Å². The van der Waals surface area contributed by atoms with E-state index in [-0.39, 0.29) is 6.04 Å². The number of fused-ring (bicyclic) bond motifs is 3. The number of anilines is 1. The maximum absolute atomic E-state index is 6.04. The maximum atomic E-state index is 6.04. The highest BCUT2D eigenvalue weighted by Crippen LogP contribution is 2.45. The average Bonchev–Trinajstić information content (AvgIpc) is 3.05. The van der Waals surface area contributed by atoms with Crippen LogP contribution in [0.4, 0.5) is 5.82 Å². The fourth-order valence-corrected chi connectivity index (χ4v) is 3.38. The number of rotatable bonds is 3. The zero-order valence-electron chi connectivity index (χ0n) is 14.3. The molecule has 3 atom stereocenters. The van der Waals surface area contributed by atoms with Crippen LogP contribution in [-0.2, 0) is 0 Å². The minimum absolute atomic E-state index is 0.212. The number of nitrogens with one attached hydrogen (secondary N) is 1. The van der Waals surface area contributed by atoms with E-state index in [0.717, 1.165) is 29.0 Å². The summed E-state index contributed by atoms with van der Waals surface area (Å²) < 4.78 is 0. The fourth-order valence-electron chi connectivity index (χ4n) is 3.38. The first kappa shape index (κ1) is 17.3. The molecule has 1 N–H and O–H groups in total. The van der Waals surface area contributed by atoms with Gasteiger partial charge in [-0.25, -0.2) is 4.98 Å². The largest absolute Gasteiger partial charge is 0.363 e. The molecule has 2 heterocycles. The summed E-state index contributed by atoms with van der Waals surface area (Å²) in [6.45, 7) is 13.7. The van der Waals surface area contributed by atoms with Crippen LogP contribution < -0.4 is 10.8 Å². The van der Waals surface area contributed by atoms with Crippen molar-refractivity contribution >= 4 is 19.1 Å². The Kier molecular flexibility index (Phi) is 5.65. The van der Waals surface area contributed by atoms with Gasteiger partial charge in [-0.1, -0.05) is 68.9 Å². The van der Waals surface area contributed by atoms with Crippen molar-refractivity contribution in [3.8, 4) is 0 Å². The summed E-state index contributed by atoms with van der Waals surface area (Å²) in [6, 6.07) is 2.28. The minimum Gasteiger partial charge on any atom is -0.363 e. The Hall–Kier alpha value is -2.03. The van der Waals surface area contributed by atoms with Crippen molar-refractivity contribution in [2.75, 3.05) is 5.32 Å². The van der Waals surface area contributed by atoms with Gasteiger partial charge in [0.2, 0.25) is 0 Å². The topological polar surface area (TPSA) is 24.9 Å². The van der Waals surface area contributed by atoms with Gasteiger partial charge in [0.15, 0.2) is 0 Å². The van der Waals surface area contributed by atoms with E-state index in [1.165, 1.54) is 5.56 Å². The molecule has 1 aliphatic carbocycles. The van der Waals surface area contributed by atoms with Crippen LogP contribution in [0.5, 0.6) is 0 Å². The third-order valence-corrected chi connectivity index (χ3v) is 4.48. The van der Waals surface area contributed by atoms with E-state index >= 15 is 0 Å². The second kappa shape index (κ2) is 7.50. The lowest BCUT2D eigenvalue weighted by molar-refractivity contribution is 0.452. The van der Waals surface area contributed by atoms with Gasteiger partial charge in [-0.15, -0.1) is 0 Å². The molecular formula is C20H25BN2. The Morgan fingerprint density at radius 1 is 1.39 bits per heavy atom. The number of pyridine rings is 1. The number of allylic oxidation sites excluding steroid dienone is 4. The van der Waals surface area contributed by atoms with Gasteiger partial charge in [0.05, 0.1) is 6.04 Å². The second-order valence-electron chi connectivity index (χ2n) is 5.68. The summed E-state index contributed by atoms with van der Waals surface area (Å²) >= 11 is 0. The van der Waals surface area contributed by atoms with Crippen LogP contribution >= 0.6 is 0 Å². The molecule has 0 spiro atoms. The van der Waals surface area contributed by atoms with Crippen LogP contribution in [-0.4, -0.2) is 18.9 Å². The second-order valence-corrected chi connectivity index (χ2v) is 5.68. The molecule has 0 amide bonds. The lowest BCUT2D eigenvalue weighted by atomic mass is 9.76. The lowest BCUT2D eigenvalue weighted by Crippen LogP contribution is -2.38. The van der Waals surface area contributed by atoms with Gasteiger partial charge < -0.3 is 5.32 Å². The molecule has 23 heavy (non-hydrogen) atoms. The first-order valence-corrected chi connectivity index (χ1v) is 8.31. The third kappa shape index (κ3) is 3.19. The molecule has 1 aromatic heterocycles. The van der Waals surface area contributed by atoms with E-state index in [2.05, 4.69) is 41.7 Å². The smallest absolute Gasteiger partial charge is 0.130 e. The highest BCUT2D eigenvalue weighted by atomic mass is 15.0. The quantitative estimate of drug-likeness (QED) is 0.519. The normalized spacial score (nSPS) is 24.7. The van der Waals surface area contributed by atoms with Crippen molar-refractivity contribution < 1.29 is 0 Å². The van der Waals surface area contributed by atoms with Crippen molar-refractivity contribution in [3.63, 3.8) is 0 Å². The van der Waals surface area contributed by atoms with Gasteiger partial charge in [-0.05, 0) is 24.8 Å². The molecule has 2 aliphatic rings. The summed E-state index contributed by atoms with van der Waals surface area (Å²) in [4.78, 5) is 4.64. The Morgan fingerprint density at radius 3 is 2.78 bits per heavy atom. The molecule has 2 nitrogen and oxygen atoms in total. The van der Waals surface area contributed by atoms with Gasteiger partial charge in [0, 0.05) is 17.2 Å². The zero-order chi connectivity index (χ0) is 17.0. The third-order valence-electron chi connectivity index (χ3n) is 4.48. The molecule has 3 heteroatoms. The van der Waals surface area contributed by atoms with Crippen LogP contribution in [0.3, 0.4) is 0 Å². The SMILES string of the molecule is CC.[B]c1cc2c(nc1C)NC(/C(C=C)=C/C=C)C1CC=CC21. The molecule has 0 saturated heterocycles. The van der Waals surface area contributed by atoms with Crippen molar-refractivity contribution in [1.82, 2.24) is 4.98 Å². The highest BCUT2D eigenvalue weighted by Gasteiger charge is 2.38. The Labute approximate surface area is 141 Å². The molecule has 118 valence electrons. The van der Waals surface area contributed by atoms with E-state index in [9.17, 15) is 0 Å². The number of aryl methyl sites for hydroxylation is 1. The number of hydrogen-bond acceptors (Lipinski definition) is 2. The average molecular weight is 304 g/mol. The van der Waals surface area contributed by atoms with Crippen LogP contribution in [0.25, 0.3) is 0 Å². The van der Waals surface area contributed by atoms with Gasteiger partial charge in [-0.3, -0.25) is 0 Å². The maximum Gasteiger partial charge on any atom is 0.130 e. The van der Waals surface area contributed by atoms with Crippen molar-refractivity contribution in [3.05, 3.63) is 66.4 Å². The van der Waals surface area contributed by atoms with Crippen molar-refractivity contribution in [1.29, 1.82) is 0 Å². The first-order valence-electron chi connectivity index (χ1n) is 8.31. The van der Waals surface area contributed by atoms with Gasteiger partial charge in [0.1, 0.15) is 13.7 Å². The van der Waals surface area contributed by atoms with E-state index in [1.807, 2.05) is 39.0 Å². The summed E-state index contributed by atoms with van der Waals surface area (Å²) in [5.41, 5.74) is 3.99. The monoisotopic (exact) mass is 304 g/mol. The summed E-state index contributed by atoms with van der Waals surface area (Å²) in [7, 11) is 6.04. The van der Waals surface area contributed by atoms with Gasteiger partial charge in [-0.2, -0.15) is 0 Å². The van der Waals surface area contributed by atoms with Crippen molar-refractivity contribution in [2.45, 2.75) is 39.2 Å². The molecule has 2 radical (unpaired) electrons. The Balaban J connectivity index is 0.000000924. The van der Waals surface area contributed by atoms with Gasteiger partial charge >= 0.3 is 0 Å². The molecule has 0 bridgehead atoms. The summed E-state index contributed by atoms with van der Waals surface area (Å²) in [5.74, 6) is 1.79. The minimum atomic E-state index is 0.212. The molecule has 0 aromatic carbocycles. The standard InChI is InChI=1S/C18H19BN2.C2H6/c1-4-7-12(5-2)17-14-9-6-8-13(14)15-10-16(19)11(3)20-18(15)21-17;1-2/h4-8,10,13-14,17H,1-2,9H2,3H3,(H,20,21);1-2H3/b12-7+;. The lowest BCUT2D eigenvalue weighted by Gasteiger charge is -2.37. The molecule has 1 aliphatic heterocycles. The molecule has 1 aromatic rings. The van der Waals surface area contributed by atoms with Crippen LogP contribution in [0.1, 0.15) is 37.4 Å². The molecule has 0 saturated carbocycles. The molecule has 3 rings (SSSR count). The Morgan fingerprint density at radius 2 is 2.13 bits per heavy atom. The number of aromatic nitrogens is 1. The van der Waals surface area contributed by atoms with Crippen LogP contribution in [0.2, 0.25) is 0 Å². The molecule has 3 unspecified atom stereocenters. The zero-order valence-corrected chi connectivity index (χ0v) is 14.3. The van der Waals surface area contributed by atoms with Gasteiger partial charge in [0.25, 0.3) is 0 Å². The number of nitrogens with zero attached hydrogens (tertiary/aromatic N) is 1. The van der Waals surface area contributed by atoms with E-state index in [1.54, 1.807) is 0 Å². The first-order chi connectivity index (χ1) is 11.2. The van der Waals surface area contributed by atoms with Crippen LogP contribution in [0.15, 0.2) is 55.2 Å². The fraction of sp³-hybridized carbons (Fsp3) is 0.350.